The van der Waals surface area contributed by atoms with Crippen LogP contribution in [0.4, 0.5) is 0 Å². The van der Waals surface area contributed by atoms with Crippen molar-refractivity contribution < 1.29 is 14.3 Å². The maximum absolute atomic E-state index is 11.6. The molecule has 1 aromatic carbocycles. The van der Waals surface area contributed by atoms with Crippen LogP contribution in [-0.4, -0.2) is 19.7 Å². The van der Waals surface area contributed by atoms with E-state index in [1.54, 1.807) is 13.8 Å². The van der Waals surface area contributed by atoms with Crippen LogP contribution in [0.3, 0.4) is 0 Å². The number of methoxy groups -OCH3 is 1. The highest BCUT2D eigenvalue weighted by atomic mass is 16.5. The summed E-state index contributed by atoms with van der Waals surface area (Å²) >= 11 is 0. The molecule has 0 spiro atoms. The van der Waals surface area contributed by atoms with Crippen molar-refractivity contribution in [1.82, 2.24) is 0 Å². The average Bonchev–Trinajstić information content (AvgIpc) is 2.35. The summed E-state index contributed by atoms with van der Waals surface area (Å²) in [7, 11) is 1.38. The van der Waals surface area contributed by atoms with Crippen LogP contribution in [0.5, 0.6) is 5.75 Å². The van der Waals surface area contributed by atoms with E-state index < -0.39 is 5.41 Å². The van der Waals surface area contributed by atoms with E-state index in [1.165, 1.54) is 7.11 Å². The zero-order chi connectivity index (χ0) is 14.6. The monoisotopic (exact) mass is 265 g/mol. The molecule has 0 saturated carbocycles. The molecule has 0 aliphatic rings. The van der Waals surface area contributed by atoms with E-state index >= 15 is 0 Å². The topological polar surface area (TPSA) is 61.5 Å². The van der Waals surface area contributed by atoms with Crippen LogP contribution in [0.1, 0.15) is 37.9 Å². The quantitative estimate of drug-likeness (QED) is 0.831. The Balaban J connectivity index is 2.88. The molecule has 1 aromatic rings. The van der Waals surface area contributed by atoms with Gasteiger partial charge in [-0.3, -0.25) is 4.79 Å². The van der Waals surface area contributed by atoms with Crippen LogP contribution in [0.2, 0.25) is 0 Å². The lowest BCUT2D eigenvalue weighted by Gasteiger charge is -2.23. The van der Waals surface area contributed by atoms with Crippen LogP contribution < -0.4 is 10.5 Å². The first-order chi connectivity index (χ1) is 8.77. The maximum atomic E-state index is 11.6. The Kier molecular flexibility index (Phi) is 4.95. The van der Waals surface area contributed by atoms with Gasteiger partial charge in [-0.1, -0.05) is 12.1 Å². The van der Waals surface area contributed by atoms with Crippen LogP contribution in [-0.2, 0) is 9.53 Å². The summed E-state index contributed by atoms with van der Waals surface area (Å²) in [5.74, 6) is 0.439. The first kappa shape index (κ1) is 15.5. The predicted molar refractivity (Wildman–Crippen MR) is 75.1 cm³/mol. The van der Waals surface area contributed by atoms with Crippen molar-refractivity contribution in [2.45, 2.75) is 33.7 Å². The molecular formula is C15H23NO3. The molecular weight excluding hydrogens is 242 g/mol. The summed E-state index contributed by atoms with van der Waals surface area (Å²) in [4.78, 5) is 11.6. The zero-order valence-corrected chi connectivity index (χ0v) is 12.3. The van der Waals surface area contributed by atoms with Gasteiger partial charge in [0.15, 0.2) is 0 Å². The van der Waals surface area contributed by atoms with Gasteiger partial charge < -0.3 is 15.2 Å². The fourth-order valence-corrected chi connectivity index (χ4v) is 1.74. The van der Waals surface area contributed by atoms with Crippen molar-refractivity contribution in [3.8, 4) is 5.75 Å². The molecule has 0 heterocycles. The summed E-state index contributed by atoms with van der Waals surface area (Å²) in [6, 6.07) is 5.78. The number of hydrogen-bond donors (Lipinski definition) is 1. The molecule has 0 amide bonds. The number of hydrogen-bond acceptors (Lipinski definition) is 4. The molecule has 4 heteroatoms. The Labute approximate surface area is 114 Å². The van der Waals surface area contributed by atoms with E-state index in [9.17, 15) is 4.79 Å². The highest BCUT2D eigenvalue weighted by Crippen LogP contribution is 2.27. The van der Waals surface area contributed by atoms with E-state index in [-0.39, 0.29) is 18.6 Å². The molecule has 0 aliphatic carbocycles. The Morgan fingerprint density at radius 1 is 1.42 bits per heavy atom. The molecule has 0 aromatic heterocycles. The normalized spacial score (nSPS) is 12.9. The highest BCUT2D eigenvalue weighted by Gasteiger charge is 2.30. The van der Waals surface area contributed by atoms with Gasteiger partial charge in [0, 0.05) is 11.6 Å². The van der Waals surface area contributed by atoms with Gasteiger partial charge in [-0.25, -0.2) is 0 Å². The lowest BCUT2D eigenvalue weighted by Crippen LogP contribution is -2.32. The van der Waals surface area contributed by atoms with Gasteiger partial charge in [-0.15, -0.1) is 0 Å². The van der Waals surface area contributed by atoms with Crippen LogP contribution in [0.25, 0.3) is 0 Å². The second kappa shape index (κ2) is 6.06. The van der Waals surface area contributed by atoms with Crippen molar-refractivity contribution in [3.05, 3.63) is 29.3 Å². The number of nitrogens with two attached hydrogens (primary N) is 1. The number of ether oxygens (including phenoxy) is 2. The summed E-state index contributed by atoms with van der Waals surface area (Å²) in [5.41, 5.74) is 7.26. The van der Waals surface area contributed by atoms with Crippen molar-refractivity contribution in [1.29, 1.82) is 0 Å². The fourth-order valence-electron chi connectivity index (χ4n) is 1.74. The van der Waals surface area contributed by atoms with E-state index in [0.29, 0.717) is 0 Å². The van der Waals surface area contributed by atoms with Crippen molar-refractivity contribution in [3.63, 3.8) is 0 Å². The summed E-state index contributed by atoms with van der Waals surface area (Å²) in [5, 5.41) is 0. The molecule has 106 valence electrons. The lowest BCUT2D eigenvalue weighted by molar-refractivity contribution is -0.152. The van der Waals surface area contributed by atoms with Crippen LogP contribution in [0, 0.1) is 12.3 Å². The third-order valence-corrected chi connectivity index (χ3v) is 2.99. The largest absolute Gasteiger partial charge is 0.492 e. The zero-order valence-electron chi connectivity index (χ0n) is 12.3. The molecule has 1 atom stereocenters. The van der Waals surface area contributed by atoms with Gasteiger partial charge in [-0.05, 0) is 39.3 Å². The molecule has 2 N–H and O–H groups in total. The Morgan fingerprint density at radius 2 is 2.05 bits per heavy atom. The van der Waals surface area contributed by atoms with Gasteiger partial charge in [0.1, 0.15) is 12.4 Å². The van der Waals surface area contributed by atoms with E-state index in [1.807, 2.05) is 32.0 Å². The first-order valence-electron chi connectivity index (χ1n) is 6.35. The number of rotatable bonds is 5. The summed E-state index contributed by atoms with van der Waals surface area (Å²) in [6.07, 6.45) is 0. The third kappa shape index (κ3) is 3.96. The minimum absolute atomic E-state index is 0.114. The van der Waals surface area contributed by atoms with Gasteiger partial charge in [0.05, 0.1) is 12.5 Å². The Morgan fingerprint density at radius 3 is 2.58 bits per heavy atom. The van der Waals surface area contributed by atoms with E-state index in [0.717, 1.165) is 16.9 Å². The van der Waals surface area contributed by atoms with Crippen LogP contribution >= 0.6 is 0 Å². The third-order valence-electron chi connectivity index (χ3n) is 2.99. The molecule has 0 saturated heterocycles. The number of carbonyl (C=O) groups excluding carboxylic acids is 1. The molecule has 0 unspecified atom stereocenters. The minimum atomic E-state index is -0.687. The molecule has 0 aliphatic heterocycles. The van der Waals surface area contributed by atoms with E-state index in [4.69, 9.17) is 15.2 Å². The first-order valence-corrected chi connectivity index (χ1v) is 6.35. The molecule has 1 rings (SSSR count). The fraction of sp³-hybridized carbons (Fsp3) is 0.533. The number of aryl methyl sites for hydroxylation is 1. The second-order valence-electron chi connectivity index (χ2n) is 5.49. The Hall–Kier alpha value is -1.55. The van der Waals surface area contributed by atoms with Gasteiger partial charge in [0.2, 0.25) is 0 Å². The average molecular weight is 265 g/mol. The van der Waals surface area contributed by atoms with Crippen molar-refractivity contribution >= 4 is 5.97 Å². The summed E-state index contributed by atoms with van der Waals surface area (Å²) < 4.78 is 10.5. The van der Waals surface area contributed by atoms with Crippen molar-refractivity contribution in [2.75, 3.05) is 13.7 Å². The molecule has 0 fully saturated rings. The molecule has 19 heavy (non-hydrogen) atoms. The number of benzene rings is 1. The Bertz CT molecular complexity index is 453. The minimum Gasteiger partial charge on any atom is -0.492 e. The summed E-state index contributed by atoms with van der Waals surface area (Å²) in [6.45, 7) is 7.73. The molecule has 4 nitrogen and oxygen atoms in total. The van der Waals surface area contributed by atoms with Crippen molar-refractivity contribution in [2.24, 2.45) is 11.1 Å². The second-order valence-corrected chi connectivity index (χ2v) is 5.49. The van der Waals surface area contributed by atoms with Gasteiger partial charge >= 0.3 is 5.97 Å². The van der Waals surface area contributed by atoms with Gasteiger partial charge in [0.25, 0.3) is 0 Å². The standard InChI is InChI=1S/C15H23NO3/c1-10-6-7-12(11(2)16)13(8-10)19-9-15(3,4)14(17)18-5/h6-8,11H,9,16H2,1-5H3/t11-/m1/s1. The van der Waals surface area contributed by atoms with E-state index in [2.05, 4.69) is 0 Å². The predicted octanol–water partition coefficient (Wildman–Crippen LogP) is 2.59. The molecule has 0 bridgehead atoms. The lowest BCUT2D eigenvalue weighted by atomic mass is 9.95. The SMILES string of the molecule is COC(=O)C(C)(C)COc1cc(C)ccc1[C@@H](C)N. The number of carbonyl (C=O) groups is 1. The van der Waals surface area contributed by atoms with Crippen LogP contribution in [0.15, 0.2) is 18.2 Å². The number of esters is 1. The smallest absolute Gasteiger partial charge is 0.314 e. The highest BCUT2D eigenvalue weighted by molar-refractivity contribution is 5.75. The van der Waals surface area contributed by atoms with Gasteiger partial charge in [-0.2, -0.15) is 0 Å². The molecule has 0 radical (unpaired) electrons. The maximum Gasteiger partial charge on any atom is 0.314 e.